The molecule has 2 fully saturated rings. The van der Waals surface area contributed by atoms with Crippen LogP contribution in [0.3, 0.4) is 0 Å². The van der Waals surface area contributed by atoms with E-state index in [1.165, 1.54) is 0 Å². The number of nitrogens with zero attached hydrogens (tertiary/aromatic N) is 2. The van der Waals surface area contributed by atoms with Crippen molar-refractivity contribution in [2.75, 3.05) is 39.3 Å². The fourth-order valence-electron chi connectivity index (χ4n) is 3.26. The molecule has 0 radical (unpaired) electrons. The maximum absolute atomic E-state index is 12.9. The van der Waals surface area contributed by atoms with Crippen LogP contribution in [0.2, 0.25) is 0 Å². The first-order valence-electron chi connectivity index (χ1n) is 7.58. The highest BCUT2D eigenvalue weighted by Gasteiger charge is 2.51. The monoisotopic (exact) mass is 307 g/mol. The van der Waals surface area contributed by atoms with Crippen molar-refractivity contribution in [1.29, 1.82) is 0 Å². The van der Waals surface area contributed by atoms with E-state index in [-0.39, 0.29) is 13.1 Å². The largest absolute Gasteiger partial charge is 0.393 e. The Hall–Kier alpha value is -0.820. The molecule has 122 valence electrons. The van der Waals surface area contributed by atoms with Crippen molar-refractivity contribution in [3.63, 3.8) is 0 Å². The summed E-state index contributed by atoms with van der Waals surface area (Å²) < 4.78 is 38.8. The molecular weight excluding hydrogens is 283 g/mol. The van der Waals surface area contributed by atoms with Gasteiger partial charge in [-0.3, -0.25) is 4.79 Å². The zero-order chi connectivity index (χ0) is 15.6. The molecule has 0 aliphatic carbocycles. The molecule has 2 saturated heterocycles. The molecule has 2 atom stereocenters. The van der Waals surface area contributed by atoms with E-state index in [0.29, 0.717) is 6.54 Å². The van der Waals surface area contributed by atoms with Gasteiger partial charge in [-0.05, 0) is 31.8 Å². The number of likely N-dealkylation sites (tertiary alicyclic amines) is 2. The van der Waals surface area contributed by atoms with Crippen LogP contribution < -0.4 is 5.73 Å². The fraction of sp³-hybridized carbons (Fsp3) is 0.929. The Kier molecular flexibility index (Phi) is 5.14. The first-order valence-corrected chi connectivity index (χ1v) is 7.58. The molecule has 0 aromatic carbocycles. The number of halogens is 3. The average Bonchev–Trinajstić information content (AvgIpc) is 2.82. The number of nitrogens with two attached hydrogens (primary N) is 1. The molecule has 7 heteroatoms. The summed E-state index contributed by atoms with van der Waals surface area (Å²) in [6.07, 6.45) is -2.06. The van der Waals surface area contributed by atoms with Crippen molar-refractivity contribution in [3.8, 4) is 0 Å². The Morgan fingerprint density at radius 1 is 1.14 bits per heavy atom. The molecule has 0 saturated carbocycles. The Labute approximate surface area is 123 Å². The van der Waals surface area contributed by atoms with Gasteiger partial charge in [0.05, 0.1) is 11.8 Å². The molecule has 2 rings (SSSR count). The van der Waals surface area contributed by atoms with E-state index in [4.69, 9.17) is 5.73 Å². The van der Waals surface area contributed by atoms with Crippen molar-refractivity contribution >= 4 is 5.91 Å². The SMILES string of the molecule is CC1CCN(CCN2C[C@@H](C(F)(F)F)[C@H](C(N)=O)C2)CC1. The van der Waals surface area contributed by atoms with Crippen LogP contribution in [0.15, 0.2) is 0 Å². The molecule has 0 aromatic rings. The zero-order valence-corrected chi connectivity index (χ0v) is 12.4. The van der Waals surface area contributed by atoms with E-state index >= 15 is 0 Å². The molecule has 0 bridgehead atoms. The second-order valence-electron chi connectivity index (χ2n) is 6.44. The second-order valence-corrected chi connectivity index (χ2v) is 6.44. The lowest BCUT2D eigenvalue weighted by Gasteiger charge is -2.31. The number of primary amides is 1. The number of amides is 1. The minimum Gasteiger partial charge on any atom is -0.369 e. The van der Waals surface area contributed by atoms with Crippen LogP contribution in [0.4, 0.5) is 13.2 Å². The maximum Gasteiger partial charge on any atom is 0.393 e. The lowest BCUT2D eigenvalue weighted by Crippen LogP contribution is -2.39. The van der Waals surface area contributed by atoms with Crippen LogP contribution in [0, 0.1) is 17.8 Å². The van der Waals surface area contributed by atoms with Gasteiger partial charge in [0.25, 0.3) is 0 Å². The van der Waals surface area contributed by atoms with Crippen molar-refractivity contribution in [3.05, 3.63) is 0 Å². The van der Waals surface area contributed by atoms with Crippen molar-refractivity contribution in [2.45, 2.75) is 25.9 Å². The summed E-state index contributed by atoms with van der Waals surface area (Å²) in [5.41, 5.74) is 5.13. The fourth-order valence-corrected chi connectivity index (χ4v) is 3.26. The molecule has 1 amide bonds. The molecule has 4 nitrogen and oxygen atoms in total. The van der Waals surface area contributed by atoms with Gasteiger partial charge in [0.1, 0.15) is 0 Å². The highest BCUT2D eigenvalue weighted by molar-refractivity contribution is 5.77. The zero-order valence-electron chi connectivity index (χ0n) is 12.4. The molecule has 0 aromatic heterocycles. The predicted molar refractivity (Wildman–Crippen MR) is 73.5 cm³/mol. The van der Waals surface area contributed by atoms with E-state index in [9.17, 15) is 18.0 Å². The van der Waals surface area contributed by atoms with Crippen molar-refractivity contribution in [2.24, 2.45) is 23.5 Å². The molecule has 0 unspecified atom stereocenters. The number of hydrogen-bond acceptors (Lipinski definition) is 3. The van der Waals surface area contributed by atoms with Gasteiger partial charge in [0.15, 0.2) is 0 Å². The summed E-state index contributed by atoms with van der Waals surface area (Å²) in [6, 6.07) is 0. The first kappa shape index (κ1) is 16.5. The number of carbonyl (C=O) groups excluding carboxylic acids is 1. The van der Waals surface area contributed by atoms with Gasteiger partial charge >= 0.3 is 6.18 Å². The van der Waals surface area contributed by atoms with E-state index in [1.807, 2.05) is 0 Å². The van der Waals surface area contributed by atoms with Gasteiger partial charge in [-0.25, -0.2) is 0 Å². The molecule has 2 heterocycles. The maximum atomic E-state index is 12.9. The highest BCUT2D eigenvalue weighted by Crippen LogP contribution is 2.37. The molecule has 0 spiro atoms. The topological polar surface area (TPSA) is 49.6 Å². The number of piperidine rings is 1. The molecule has 2 aliphatic heterocycles. The van der Waals surface area contributed by atoms with Gasteiger partial charge in [0.2, 0.25) is 5.91 Å². The average molecular weight is 307 g/mol. The van der Waals surface area contributed by atoms with Crippen molar-refractivity contribution < 1.29 is 18.0 Å². The van der Waals surface area contributed by atoms with Crippen LogP contribution in [0.1, 0.15) is 19.8 Å². The van der Waals surface area contributed by atoms with Gasteiger partial charge in [-0.2, -0.15) is 13.2 Å². The Morgan fingerprint density at radius 2 is 1.71 bits per heavy atom. The Bertz CT molecular complexity index is 367. The first-order chi connectivity index (χ1) is 9.77. The van der Waals surface area contributed by atoms with Gasteiger partial charge in [-0.1, -0.05) is 6.92 Å². The van der Waals surface area contributed by atoms with Crippen LogP contribution in [0.5, 0.6) is 0 Å². The van der Waals surface area contributed by atoms with Crippen LogP contribution in [-0.4, -0.2) is 61.2 Å². The number of alkyl halides is 3. The number of hydrogen-bond donors (Lipinski definition) is 1. The van der Waals surface area contributed by atoms with Crippen LogP contribution in [0.25, 0.3) is 0 Å². The van der Waals surface area contributed by atoms with Crippen molar-refractivity contribution in [1.82, 2.24) is 9.80 Å². The van der Waals surface area contributed by atoms with Gasteiger partial charge in [0, 0.05) is 26.2 Å². The van der Waals surface area contributed by atoms with E-state index in [1.54, 1.807) is 4.90 Å². The summed E-state index contributed by atoms with van der Waals surface area (Å²) in [5, 5.41) is 0. The Morgan fingerprint density at radius 3 is 2.19 bits per heavy atom. The normalized spacial score (nSPS) is 29.9. The second kappa shape index (κ2) is 6.52. The molecule has 2 aliphatic rings. The summed E-state index contributed by atoms with van der Waals surface area (Å²) in [7, 11) is 0. The van der Waals surface area contributed by atoms with E-state index < -0.39 is 23.9 Å². The summed E-state index contributed by atoms with van der Waals surface area (Å²) in [4.78, 5) is 15.3. The number of carbonyl (C=O) groups is 1. The summed E-state index contributed by atoms with van der Waals surface area (Å²) >= 11 is 0. The highest BCUT2D eigenvalue weighted by atomic mass is 19.4. The Balaban J connectivity index is 1.83. The quantitative estimate of drug-likeness (QED) is 0.852. The van der Waals surface area contributed by atoms with Crippen LogP contribution >= 0.6 is 0 Å². The predicted octanol–water partition coefficient (Wildman–Crippen LogP) is 1.31. The minimum atomic E-state index is -4.35. The van der Waals surface area contributed by atoms with Gasteiger partial charge < -0.3 is 15.5 Å². The molecule has 2 N–H and O–H groups in total. The van der Waals surface area contributed by atoms with Crippen LogP contribution in [-0.2, 0) is 4.79 Å². The minimum absolute atomic E-state index is 0.110. The lowest BCUT2D eigenvalue weighted by atomic mass is 9.95. The summed E-state index contributed by atoms with van der Waals surface area (Å²) in [5.74, 6) is -2.82. The number of rotatable bonds is 4. The third-order valence-electron chi connectivity index (χ3n) is 4.79. The third-order valence-corrected chi connectivity index (χ3v) is 4.79. The third kappa shape index (κ3) is 4.32. The lowest BCUT2D eigenvalue weighted by molar-refractivity contribution is -0.182. The van der Waals surface area contributed by atoms with Gasteiger partial charge in [-0.15, -0.1) is 0 Å². The van der Waals surface area contributed by atoms with E-state index in [2.05, 4.69) is 11.8 Å². The molecular formula is C14H24F3N3O. The standard InChI is InChI=1S/C14H24F3N3O/c1-10-2-4-19(5-3-10)6-7-20-8-11(13(18)21)12(9-20)14(15,16)17/h10-12H,2-9H2,1H3,(H2,18,21)/t11-,12-/m1/s1. The summed E-state index contributed by atoms with van der Waals surface area (Å²) in [6.45, 7) is 5.61. The smallest absolute Gasteiger partial charge is 0.369 e. The molecule has 21 heavy (non-hydrogen) atoms. The van der Waals surface area contributed by atoms with E-state index in [0.717, 1.165) is 38.4 Å².